The smallest absolute Gasteiger partial charge is 0.163 e. The van der Waals surface area contributed by atoms with E-state index < -0.39 is 0 Å². The van der Waals surface area contributed by atoms with Crippen molar-refractivity contribution in [3.05, 3.63) is 18.0 Å². The lowest BCUT2D eigenvalue weighted by molar-refractivity contribution is 0.172. The fourth-order valence-electron chi connectivity index (χ4n) is 3.24. The molecule has 0 bridgehead atoms. The number of nitrogens with one attached hydrogen (secondary N) is 1. The second-order valence-corrected chi connectivity index (χ2v) is 5.76. The van der Waals surface area contributed by atoms with Crippen molar-refractivity contribution in [2.24, 2.45) is 5.73 Å². The molecule has 1 fully saturated rings. The van der Waals surface area contributed by atoms with Crippen molar-refractivity contribution in [1.29, 1.82) is 0 Å². The summed E-state index contributed by atoms with van der Waals surface area (Å²) in [4.78, 5) is 8.17. The third-order valence-corrected chi connectivity index (χ3v) is 4.27. The Morgan fingerprint density at radius 2 is 1.95 bits per heavy atom. The number of rotatable bonds is 1. The Hall–Kier alpha value is -1.75. The van der Waals surface area contributed by atoms with E-state index in [1.165, 1.54) is 12.8 Å². The van der Waals surface area contributed by atoms with Gasteiger partial charge in [0.15, 0.2) is 11.5 Å². The summed E-state index contributed by atoms with van der Waals surface area (Å²) in [7, 11) is 0. The van der Waals surface area contributed by atoms with Crippen molar-refractivity contribution < 1.29 is 9.47 Å². The van der Waals surface area contributed by atoms with Crippen LogP contribution in [0.3, 0.4) is 0 Å². The van der Waals surface area contributed by atoms with E-state index in [4.69, 9.17) is 20.2 Å². The lowest BCUT2D eigenvalue weighted by atomic mass is 9.86. The number of nitrogens with two attached hydrogens (primary N) is 1. The van der Waals surface area contributed by atoms with Crippen molar-refractivity contribution >= 4 is 11.0 Å². The number of fused-ring (bicyclic) bond motifs is 2. The van der Waals surface area contributed by atoms with Gasteiger partial charge < -0.3 is 20.2 Å². The quantitative estimate of drug-likeness (QED) is 0.836. The number of benzene rings is 1. The van der Waals surface area contributed by atoms with Crippen LogP contribution >= 0.6 is 0 Å². The molecule has 2 atom stereocenters. The zero-order chi connectivity index (χ0) is 13.5. The molecule has 0 spiro atoms. The molecule has 1 aliphatic carbocycles. The number of hydrogen-bond acceptors (Lipinski definition) is 4. The number of hydrogen-bond donors (Lipinski definition) is 2. The van der Waals surface area contributed by atoms with Crippen LogP contribution in [0.4, 0.5) is 0 Å². The zero-order valence-electron chi connectivity index (χ0n) is 11.4. The summed E-state index contributed by atoms with van der Waals surface area (Å²) in [5, 5.41) is 0. The van der Waals surface area contributed by atoms with Crippen LogP contribution in [0, 0.1) is 0 Å². The molecule has 4 rings (SSSR count). The second-order valence-electron chi connectivity index (χ2n) is 5.76. The molecule has 2 aliphatic rings. The number of nitrogens with zero attached hydrogens (tertiary/aromatic N) is 1. The van der Waals surface area contributed by atoms with Crippen molar-refractivity contribution in [3.63, 3.8) is 0 Å². The van der Waals surface area contributed by atoms with Crippen LogP contribution in [0.25, 0.3) is 11.0 Å². The van der Waals surface area contributed by atoms with Crippen LogP contribution in [0.2, 0.25) is 0 Å². The first-order chi connectivity index (χ1) is 9.79. The maximum Gasteiger partial charge on any atom is 0.163 e. The van der Waals surface area contributed by atoms with E-state index >= 15 is 0 Å². The van der Waals surface area contributed by atoms with Gasteiger partial charge in [-0.2, -0.15) is 0 Å². The molecular weight excluding hydrogens is 254 g/mol. The van der Waals surface area contributed by atoms with E-state index in [2.05, 4.69) is 4.98 Å². The van der Waals surface area contributed by atoms with Crippen LogP contribution in [0.5, 0.6) is 11.5 Å². The standard InChI is InChI=1S/C15H19N3O2/c16-10-3-1-2-9(6-10)15-17-11-7-13-14(8-12(11)18-15)20-5-4-19-13/h7-10H,1-6,16H2,(H,17,18). The fourth-order valence-corrected chi connectivity index (χ4v) is 3.24. The summed E-state index contributed by atoms with van der Waals surface area (Å²) < 4.78 is 11.2. The second kappa shape index (κ2) is 4.66. The van der Waals surface area contributed by atoms with Crippen molar-refractivity contribution in [2.75, 3.05) is 13.2 Å². The molecule has 3 N–H and O–H groups in total. The molecular formula is C15H19N3O2. The van der Waals surface area contributed by atoms with Gasteiger partial charge in [-0.3, -0.25) is 0 Å². The molecule has 1 aliphatic heterocycles. The maximum absolute atomic E-state index is 6.07. The molecule has 5 nitrogen and oxygen atoms in total. The third-order valence-electron chi connectivity index (χ3n) is 4.27. The van der Waals surface area contributed by atoms with E-state index in [9.17, 15) is 0 Å². The summed E-state index contributed by atoms with van der Waals surface area (Å²) >= 11 is 0. The lowest BCUT2D eigenvalue weighted by Gasteiger charge is -2.24. The van der Waals surface area contributed by atoms with Gasteiger partial charge in [-0.15, -0.1) is 0 Å². The van der Waals surface area contributed by atoms with E-state index in [0.29, 0.717) is 25.2 Å². The highest BCUT2D eigenvalue weighted by atomic mass is 16.6. The minimum atomic E-state index is 0.307. The molecule has 0 amide bonds. The minimum absolute atomic E-state index is 0.307. The van der Waals surface area contributed by atoms with Crippen molar-refractivity contribution in [2.45, 2.75) is 37.6 Å². The first kappa shape index (κ1) is 12.0. The summed E-state index contributed by atoms with van der Waals surface area (Å²) in [5.41, 5.74) is 8.04. The van der Waals surface area contributed by atoms with E-state index in [-0.39, 0.29) is 0 Å². The first-order valence-electron chi connectivity index (χ1n) is 7.34. The largest absolute Gasteiger partial charge is 0.486 e. The van der Waals surface area contributed by atoms with Crippen molar-refractivity contribution in [3.8, 4) is 11.5 Å². The Morgan fingerprint density at radius 1 is 1.15 bits per heavy atom. The molecule has 1 aromatic heterocycles. The number of imidazole rings is 1. The molecule has 1 saturated carbocycles. The summed E-state index contributed by atoms with van der Waals surface area (Å²) in [6.07, 6.45) is 4.51. The van der Waals surface area contributed by atoms with Crippen molar-refractivity contribution in [1.82, 2.24) is 9.97 Å². The number of aromatic nitrogens is 2. The first-order valence-corrected chi connectivity index (χ1v) is 7.34. The highest BCUT2D eigenvalue weighted by molar-refractivity contribution is 5.80. The Kier molecular flexibility index (Phi) is 2.80. The molecule has 5 heteroatoms. The Labute approximate surface area is 117 Å². The summed E-state index contributed by atoms with van der Waals surface area (Å²) in [6.45, 7) is 1.21. The molecule has 2 unspecified atom stereocenters. The van der Waals surface area contributed by atoms with Crippen LogP contribution in [-0.4, -0.2) is 29.2 Å². The maximum atomic E-state index is 6.07. The van der Waals surface area contributed by atoms with Gasteiger partial charge in [-0.1, -0.05) is 6.42 Å². The summed E-state index contributed by atoms with van der Waals surface area (Å²) in [5.74, 6) is 3.10. The molecule has 1 aromatic carbocycles. The molecule has 2 heterocycles. The minimum Gasteiger partial charge on any atom is -0.486 e. The Bertz CT molecular complexity index is 594. The topological polar surface area (TPSA) is 73.2 Å². The van der Waals surface area contributed by atoms with Gasteiger partial charge >= 0.3 is 0 Å². The molecule has 106 valence electrons. The predicted octanol–water partition coefficient (Wildman–Crippen LogP) is 2.32. The molecule has 2 aromatic rings. The highest BCUT2D eigenvalue weighted by Crippen LogP contribution is 2.36. The van der Waals surface area contributed by atoms with Crippen LogP contribution in [0.15, 0.2) is 12.1 Å². The van der Waals surface area contributed by atoms with Gasteiger partial charge in [0, 0.05) is 24.1 Å². The molecule has 0 saturated heterocycles. The Morgan fingerprint density at radius 3 is 2.75 bits per heavy atom. The van der Waals surface area contributed by atoms with Gasteiger partial charge in [0.25, 0.3) is 0 Å². The lowest BCUT2D eigenvalue weighted by Crippen LogP contribution is -2.27. The normalized spacial score (nSPS) is 25.9. The highest BCUT2D eigenvalue weighted by Gasteiger charge is 2.24. The summed E-state index contributed by atoms with van der Waals surface area (Å²) in [6, 6.07) is 4.26. The van der Waals surface area contributed by atoms with Crippen LogP contribution in [0.1, 0.15) is 37.4 Å². The Balaban J connectivity index is 1.71. The number of aromatic amines is 1. The van der Waals surface area contributed by atoms with E-state index in [1.807, 2.05) is 12.1 Å². The average Bonchev–Trinajstić information content (AvgIpc) is 2.87. The SMILES string of the molecule is NC1CCCC(c2nc3cc4c(cc3[nH]2)OCCO4)C1. The van der Waals surface area contributed by atoms with E-state index in [0.717, 1.165) is 41.2 Å². The van der Waals surface area contributed by atoms with Gasteiger partial charge in [0.1, 0.15) is 19.0 Å². The number of H-pyrrole nitrogens is 1. The van der Waals surface area contributed by atoms with Gasteiger partial charge in [0.2, 0.25) is 0 Å². The fraction of sp³-hybridized carbons (Fsp3) is 0.533. The van der Waals surface area contributed by atoms with Gasteiger partial charge in [-0.25, -0.2) is 4.98 Å². The van der Waals surface area contributed by atoms with Crippen LogP contribution < -0.4 is 15.2 Å². The third kappa shape index (κ3) is 2.02. The molecule has 0 radical (unpaired) electrons. The monoisotopic (exact) mass is 273 g/mol. The molecule has 20 heavy (non-hydrogen) atoms. The van der Waals surface area contributed by atoms with Gasteiger partial charge in [-0.05, 0) is 19.3 Å². The van der Waals surface area contributed by atoms with Gasteiger partial charge in [0.05, 0.1) is 11.0 Å². The predicted molar refractivity (Wildman–Crippen MR) is 76.3 cm³/mol. The van der Waals surface area contributed by atoms with Crippen LogP contribution in [-0.2, 0) is 0 Å². The zero-order valence-corrected chi connectivity index (χ0v) is 11.4. The number of ether oxygens (including phenoxy) is 2. The van der Waals surface area contributed by atoms with E-state index in [1.54, 1.807) is 0 Å². The average molecular weight is 273 g/mol.